The standard InChI is InChI=1S/C11H13NO3/c1-2-7-12(8-11(14)15)9-3-5-10(13)6-4-9/h2-6,13H,1,7-8H2,(H,14,15). The Morgan fingerprint density at radius 3 is 2.47 bits per heavy atom. The van der Waals surface area contributed by atoms with Gasteiger partial charge in [0.1, 0.15) is 12.3 Å². The molecule has 15 heavy (non-hydrogen) atoms. The lowest BCUT2D eigenvalue weighted by Crippen LogP contribution is -2.29. The van der Waals surface area contributed by atoms with Gasteiger partial charge in [0.2, 0.25) is 0 Å². The summed E-state index contributed by atoms with van der Waals surface area (Å²) in [6.07, 6.45) is 1.63. The molecule has 0 fully saturated rings. The number of carboxylic acid groups (broad SMARTS) is 1. The highest BCUT2D eigenvalue weighted by atomic mass is 16.4. The quantitative estimate of drug-likeness (QED) is 0.718. The molecule has 2 N–H and O–H groups in total. The second kappa shape index (κ2) is 5.05. The van der Waals surface area contributed by atoms with Gasteiger partial charge in [-0.1, -0.05) is 6.08 Å². The number of carboxylic acids is 1. The number of hydrogen-bond acceptors (Lipinski definition) is 3. The number of aromatic hydroxyl groups is 1. The first kappa shape index (κ1) is 11.1. The van der Waals surface area contributed by atoms with E-state index < -0.39 is 5.97 Å². The average Bonchev–Trinajstić information content (AvgIpc) is 2.17. The number of rotatable bonds is 5. The van der Waals surface area contributed by atoms with Crippen molar-refractivity contribution in [3.8, 4) is 5.75 Å². The number of aliphatic carboxylic acids is 1. The fourth-order valence-corrected chi connectivity index (χ4v) is 1.24. The van der Waals surface area contributed by atoms with Crippen molar-refractivity contribution < 1.29 is 15.0 Å². The van der Waals surface area contributed by atoms with Crippen molar-refractivity contribution in [1.29, 1.82) is 0 Å². The molecule has 0 aromatic heterocycles. The molecule has 0 unspecified atom stereocenters. The van der Waals surface area contributed by atoms with E-state index in [1.54, 1.807) is 23.1 Å². The molecular weight excluding hydrogens is 194 g/mol. The van der Waals surface area contributed by atoms with Gasteiger partial charge in [0.05, 0.1) is 0 Å². The van der Waals surface area contributed by atoms with Gasteiger partial charge in [-0.05, 0) is 24.3 Å². The highest BCUT2D eigenvalue weighted by Gasteiger charge is 2.08. The molecule has 0 heterocycles. The number of phenolic OH excluding ortho intramolecular Hbond substituents is 1. The normalized spacial score (nSPS) is 9.60. The van der Waals surface area contributed by atoms with Crippen molar-refractivity contribution >= 4 is 11.7 Å². The Hall–Kier alpha value is -1.97. The predicted octanol–water partition coefficient (Wildman–Crippen LogP) is 1.47. The van der Waals surface area contributed by atoms with Crippen molar-refractivity contribution in [3.05, 3.63) is 36.9 Å². The molecule has 0 radical (unpaired) electrons. The second-order valence-electron chi connectivity index (χ2n) is 3.08. The molecule has 0 saturated carbocycles. The summed E-state index contributed by atoms with van der Waals surface area (Å²) in [4.78, 5) is 12.2. The molecule has 0 bridgehead atoms. The van der Waals surface area contributed by atoms with E-state index in [1.165, 1.54) is 12.1 Å². The fraction of sp³-hybridized carbons (Fsp3) is 0.182. The maximum Gasteiger partial charge on any atom is 0.323 e. The first-order valence-corrected chi connectivity index (χ1v) is 4.50. The van der Waals surface area contributed by atoms with Crippen molar-refractivity contribution in [1.82, 2.24) is 0 Å². The lowest BCUT2D eigenvalue weighted by molar-refractivity contribution is -0.135. The highest BCUT2D eigenvalue weighted by molar-refractivity contribution is 5.73. The van der Waals surface area contributed by atoms with Crippen LogP contribution < -0.4 is 4.90 Å². The third-order valence-electron chi connectivity index (χ3n) is 1.89. The molecule has 0 amide bonds. The summed E-state index contributed by atoms with van der Waals surface area (Å²) in [7, 11) is 0. The van der Waals surface area contributed by atoms with Gasteiger partial charge < -0.3 is 15.1 Å². The topological polar surface area (TPSA) is 60.8 Å². The average molecular weight is 207 g/mol. The number of carbonyl (C=O) groups is 1. The Morgan fingerprint density at radius 1 is 1.40 bits per heavy atom. The maximum atomic E-state index is 10.6. The van der Waals surface area contributed by atoms with Crippen LogP contribution in [0.25, 0.3) is 0 Å². The minimum absolute atomic E-state index is 0.0865. The molecule has 0 spiro atoms. The van der Waals surface area contributed by atoms with Gasteiger partial charge in [0.15, 0.2) is 0 Å². The molecule has 0 aliphatic heterocycles. The molecular formula is C11H13NO3. The van der Waals surface area contributed by atoms with Crippen LogP contribution in [-0.4, -0.2) is 29.3 Å². The van der Waals surface area contributed by atoms with Crippen LogP contribution in [0.4, 0.5) is 5.69 Å². The SMILES string of the molecule is C=CCN(CC(=O)O)c1ccc(O)cc1. The van der Waals surface area contributed by atoms with Gasteiger partial charge in [-0.3, -0.25) is 4.79 Å². The smallest absolute Gasteiger partial charge is 0.323 e. The molecule has 0 atom stereocenters. The fourth-order valence-electron chi connectivity index (χ4n) is 1.24. The predicted molar refractivity (Wildman–Crippen MR) is 58.2 cm³/mol. The Bertz CT molecular complexity index is 345. The molecule has 1 aromatic rings. The minimum atomic E-state index is -0.898. The third kappa shape index (κ3) is 3.34. The van der Waals surface area contributed by atoms with Gasteiger partial charge >= 0.3 is 5.97 Å². The molecule has 1 rings (SSSR count). The van der Waals surface area contributed by atoms with Gasteiger partial charge in [0, 0.05) is 12.2 Å². The van der Waals surface area contributed by atoms with E-state index in [0.29, 0.717) is 6.54 Å². The minimum Gasteiger partial charge on any atom is -0.508 e. The summed E-state index contributed by atoms with van der Waals surface area (Å²) in [5.41, 5.74) is 0.745. The van der Waals surface area contributed by atoms with Crippen LogP contribution in [0.3, 0.4) is 0 Å². The van der Waals surface area contributed by atoms with Gasteiger partial charge in [-0.25, -0.2) is 0 Å². The summed E-state index contributed by atoms with van der Waals surface area (Å²) in [5, 5.41) is 17.8. The molecule has 4 nitrogen and oxygen atoms in total. The molecule has 0 aliphatic rings. The van der Waals surface area contributed by atoms with Crippen LogP contribution in [0.5, 0.6) is 5.75 Å². The van der Waals surface area contributed by atoms with Crippen LogP contribution in [0.2, 0.25) is 0 Å². The van der Waals surface area contributed by atoms with Crippen LogP contribution >= 0.6 is 0 Å². The largest absolute Gasteiger partial charge is 0.508 e. The Kier molecular flexibility index (Phi) is 3.74. The first-order chi connectivity index (χ1) is 7.13. The lowest BCUT2D eigenvalue weighted by Gasteiger charge is -2.20. The van der Waals surface area contributed by atoms with Crippen LogP contribution in [-0.2, 0) is 4.79 Å². The Morgan fingerprint density at radius 2 is 2.00 bits per heavy atom. The molecule has 0 aliphatic carbocycles. The number of phenols is 1. The van der Waals surface area contributed by atoms with E-state index >= 15 is 0 Å². The molecule has 1 aromatic carbocycles. The number of nitrogens with zero attached hydrogens (tertiary/aromatic N) is 1. The number of benzene rings is 1. The van der Waals surface area contributed by atoms with Crippen molar-refractivity contribution in [3.63, 3.8) is 0 Å². The van der Waals surface area contributed by atoms with E-state index in [2.05, 4.69) is 6.58 Å². The Balaban J connectivity index is 2.83. The van der Waals surface area contributed by atoms with Crippen LogP contribution in [0, 0.1) is 0 Å². The van der Waals surface area contributed by atoms with Gasteiger partial charge in [0.25, 0.3) is 0 Å². The second-order valence-corrected chi connectivity index (χ2v) is 3.08. The zero-order valence-corrected chi connectivity index (χ0v) is 8.26. The van der Waals surface area contributed by atoms with Crippen LogP contribution in [0.1, 0.15) is 0 Å². The van der Waals surface area contributed by atoms with Crippen LogP contribution in [0.15, 0.2) is 36.9 Å². The lowest BCUT2D eigenvalue weighted by atomic mass is 10.2. The zero-order chi connectivity index (χ0) is 11.3. The van der Waals surface area contributed by atoms with Crippen molar-refractivity contribution in [2.45, 2.75) is 0 Å². The van der Waals surface area contributed by atoms with Crippen molar-refractivity contribution in [2.24, 2.45) is 0 Å². The van der Waals surface area contributed by atoms with E-state index in [0.717, 1.165) is 5.69 Å². The van der Waals surface area contributed by atoms with E-state index in [4.69, 9.17) is 10.2 Å². The summed E-state index contributed by atoms with van der Waals surface area (Å²) in [6.45, 7) is 3.94. The van der Waals surface area contributed by atoms with Crippen molar-refractivity contribution in [2.75, 3.05) is 18.0 Å². The molecule has 4 heteroatoms. The summed E-state index contributed by atoms with van der Waals surface area (Å²) >= 11 is 0. The third-order valence-corrected chi connectivity index (χ3v) is 1.89. The van der Waals surface area contributed by atoms with Gasteiger partial charge in [-0.2, -0.15) is 0 Å². The Labute approximate surface area is 88.1 Å². The summed E-state index contributed by atoms with van der Waals surface area (Å²) < 4.78 is 0. The number of anilines is 1. The highest BCUT2D eigenvalue weighted by Crippen LogP contribution is 2.17. The zero-order valence-electron chi connectivity index (χ0n) is 8.26. The molecule has 0 saturated heterocycles. The first-order valence-electron chi connectivity index (χ1n) is 4.50. The van der Waals surface area contributed by atoms with E-state index in [-0.39, 0.29) is 12.3 Å². The monoisotopic (exact) mass is 207 g/mol. The summed E-state index contributed by atoms with van der Waals surface area (Å²) in [6, 6.07) is 6.38. The maximum absolute atomic E-state index is 10.6. The van der Waals surface area contributed by atoms with E-state index in [1.807, 2.05) is 0 Å². The van der Waals surface area contributed by atoms with E-state index in [9.17, 15) is 4.79 Å². The van der Waals surface area contributed by atoms with Gasteiger partial charge in [-0.15, -0.1) is 6.58 Å². The summed E-state index contributed by atoms with van der Waals surface area (Å²) in [5.74, 6) is -0.738. The number of hydrogen-bond donors (Lipinski definition) is 2. The molecule has 80 valence electrons.